The highest BCUT2D eigenvalue weighted by Gasteiger charge is 2.02. The van der Waals surface area contributed by atoms with Crippen LogP contribution >= 0.6 is 11.6 Å². The van der Waals surface area contributed by atoms with Crippen LogP contribution in [0, 0.1) is 6.92 Å². The molecule has 4 heteroatoms. The zero-order valence-electron chi connectivity index (χ0n) is 9.48. The number of benzene rings is 1. The first kappa shape index (κ1) is 11.7. The van der Waals surface area contributed by atoms with E-state index in [-0.39, 0.29) is 0 Å². The van der Waals surface area contributed by atoms with E-state index in [2.05, 4.69) is 4.98 Å². The van der Waals surface area contributed by atoms with E-state index < -0.39 is 0 Å². The topological polar surface area (TPSA) is 48.1 Å². The van der Waals surface area contributed by atoms with Gasteiger partial charge < -0.3 is 10.5 Å². The van der Waals surface area contributed by atoms with E-state index >= 15 is 0 Å². The van der Waals surface area contributed by atoms with E-state index in [1.807, 2.05) is 43.3 Å². The van der Waals surface area contributed by atoms with Crippen LogP contribution in [0.15, 0.2) is 36.4 Å². The Labute approximate surface area is 105 Å². The van der Waals surface area contributed by atoms with Gasteiger partial charge in [0.1, 0.15) is 6.61 Å². The Balaban J connectivity index is 2.04. The molecule has 2 N–H and O–H groups in total. The van der Waals surface area contributed by atoms with Gasteiger partial charge in [-0.25, -0.2) is 4.98 Å². The summed E-state index contributed by atoms with van der Waals surface area (Å²) in [6, 6.07) is 11.2. The summed E-state index contributed by atoms with van der Waals surface area (Å²) in [5.41, 5.74) is 7.67. The standard InChI is InChI=1S/C13H13ClN2O/c1-9-2-7-12(13(15)16-9)17-8-10-3-5-11(14)6-4-10/h2-7H,8H2,1H3,(H2,15,16). The minimum Gasteiger partial charge on any atom is -0.485 e. The lowest BCUT2D eigenvalue weighted by atomic mass is 10.2. The van der Waals surface area contributed by atoms with Crippen molar-refractivity contribution in [1.82, 2.24) is 4.98 Å². The van der Waals surface area contributed by atoms with E-state index in [1.54, 1.807) is 0 Å². The molecular weight excluding hydrogens is 236 g/mol. The van der Waals surface area contributed by atoms with E-state index in [0.717, 1.165) is 11.3 Å². The second-order valence-corrected chi connectivity index (χ2v) is 4.19. The highest BCUT2D eigenvalue weighted by Crippen LogP contribution is 2.20. The number of halogens is 1. The Morgan fingerprint density at radius 1 is 1.18 bits per heavy atom. The van der Waals surface area contributed by atoms with E-state index in [0.29, 0.717) is 23.2 Å². The molecule has 0 bridgehead atoms. The monoisotopic (exact) mass is 248 g/mol. The van der Waals surface area contributed by atoms with Crippen molar-refractivity contribution in [3.63, 3.8) is 0 Å². The van der Waals surface area contributed by atoms with Gasteiger partial charge in [-0.3, -0.25) is 0 Å². The third-order valence-corrected chi connectivity index (χ3v) is 2.58. The lowest BCUT2D eigenvalue weighted by Gasteiger charge is -2.08. The minimum absolute atomic E-state index is 0.416. The number of hydrogen-bond donors (Lipinski definition) is 1. The average molecular weight is 249 g/mol. The van der Waals surface area contributed by atoms with E-state index in [9.17, 15) is 0 Å². The predicted octanol–water partition coefficient (Wildman–Crippen LogP) is 3.20. The first-order valence-corrected chi connectivity index (χ1v) is 5.63. The highest BCUT2D eigenvalue weighted by atomic mass is 35.5. The molecular formula is C13H13ClN2O. The van der Waals surface area contributed by atoms with E-state index in [1.165, 1.54) is 0 Å². The molecule has 0 fully saturated rings. The number of aromatic nitrogens is 1. The largest absolute Gasteiger partial charge is 0.485 e. The minimum atomic E-state index is 0.416. The summed E-state index contributed by atoms with van der Waals surface area (Å²) in [5.74, 6) is 1.02. The SMILES string of the molecule is Cc1ccc(OCc2ccc(Cl)cc2)c(N)n1. The first-order chi connectivity index (χ1) is 8.15. The molecule has 0 aliphatic heterocycles. The van der Waals surface area contributed by atoms with Gasteiger partial charge in [-0.15, -0.1) is 0 Å². The van der Waals surface area contributed by atoms with Crippen molar-refractivity contribution < 1.29 is 4.74 Å². The lowest BCUT2D eigenvalue weighted by molar-refractivity contribution is 0.307. The van der Waals surface area contributed by atoms with Crippen LogP contribution in [-0.4, -0.2) is 4.98 Å². The molecule has 1 heterocycles. The van der Waals surface area contributed by atoms with Gasteiger partial charge in [0.05, 0.1) is 0 Å². The molecule has 1 aromatic carbocycles. The van der Waals surface area contributed by atoms with Gasteiger partial charge in [0.25, 0.3) is 0 Å². The third kappa shape index (κ3) is 3.11. The third-order valence-electron chi connectivity index (χ3n) is 2.33. The number of ether oxygens (including phenoxy) is 1. The van der Waals surface area contributed by atoms with Crippen LogP contribution < -0.4 is 10.5 Å². The summed E-state index contributed by atoms with van der Waals surface area (Å²) in [7, 11) is 0. The molecule has 0 spiro atoms. The number of nitrogens with two attached hydrogens (primary N) is 1. The van der Waals surface area contributed by atoms with Crippen molar-refractivity contribution >= 4 is 17.4 Å². The maximum atomic E-state index is 5.80. The van der Waals surface area contributed by atoms with Crippen LogP contribution in [0.3, 0.4) is 0 Å². The highest BCUT2D eigenvalue weighted by molar-refractivity contribution is 6.30. The Kier molecular flexibility index (Phi) is 3.49. The fourth-order valence-electron chi connectivity index (χ4n) is 1.43. The smallest absolute Gasteiger partial charge is 0.166 e. The molecule has 0 saturated carbocycles. The number of pyridine rings is 1. The van der Waals surface area contributed by atoms with Crippen LogP contribution in [-0.2, 0) is 6.61 Å². The van der Waals surface area contributed by atoms with Crippen molar-refractivity contribution in [3.05, 3.63) is 52.7 Å². The molecule has 0 radical (unpaired) electrons. The number of anilines is 1. The summed E-state index contributed by atoms with van der Waals surface area (Å²) in [4.78, 5) is 4.13. The molecule has 2 rings (SSSR count). The number of nitrogens with zero attached hydrogens (tertiary/aromatic N) is 1. The molecule has 0 saturated heterocycles. The summed E-state index contributed by atoms with van der Waals surface area (Å²) < 4.78 is 5.59. The van der Waals surface area contributed by atoms with Crippen LogP contribution in [0.1, 0.15) is 11.3 Å². The Hall–Kier alpha value is -1.74. The molecule has 1 aromatic heterocycles. The summed E-state index contributed by atoms with van der Waals surface area (Å²) in [6.45, 7) is 2.34. The van der Waals surface area contributed by atoms with Crippen molar-refractivity contribution in [2.24, 2.45) is 0 Å². The van der Waals surface area contributed by atoms with Crippen molar-refractivity contribution in [3.8, 4) is 5.75 Å². The van der Waals surface area contributed by atoms with Crippen molar-refractivity contribution in [2.75, 3.05) is 5.73 Å². The maximum absolute atomic E-state index is 5.80. The zero-order chi connectivity index (χ0) is 12.3. The lowest BCUT2D eigenvalue weighted by Crippen LogP contribution is -2.01. The Bertz CT molecular complexity index is 511. The molecule has 88 valence electrons. The molecule has 0 amide bonds. The van der Waals surface area contributed by atoms with Crippen LogP contribution in [0.4, 0.5) is 5.82 Å². The number of nitrogen functional groups attached to an aromatic ring is 1. The van der Waals surface area contributed by atoms with Crippen molar-refractivity contribution in [1.29, 1.82) is 0 Å². The summed E-state index contributed by atoms with van der Waals surface area (Å²) >= 11 is 5.80. The predicted molar refractivity (Wildman–Crippen MR) is 69.2 cm³/mol. The Morgan fingerprint density at radius 3 is 2.53 bits per heavy atom. The molecule has 2 aromatic rings. The van der Waals surface area contributed by atoms with Crippen LogP contribution in [0.2, 0.25) is 5.02 Å². The number of aryl methyl sites for hydroxylation is 1. The second kappa shape index (κ2) is 5.06. The summed E-state index contributed by atoms with van der Waals surface area (Å²) in [6.07, 6.45) is 0. The van der Waals surface area contributed by atoms with Gasteiger partial charge in [0.2, 0.25) is 0 Å². The quantitative estimate of drug-likeness (QED) is 0.907. The van der Waals surface area contributed by atoms with Crippen molar-refractivity contribution in [2.45, 2.75) is 13.5 Å². The number of hydrogen-bond acceptors (Lipinski definition) is 3. The van der Waals surface area contributed by atoms with Gasteiger partial charge >= 0.3 is 0 Å². The molecule has 0 atom stereocenters. The van der Waals surface area contributed by atoms with Gasteiger partial charge in [0, 0.05) is 10.7 Å². The molecule has 3 nitrogen and oxygen atoms in total. The average Bonchev–Trinajstić information content (AvgIpc) is 2.30. The molecule has 0 aliphatic carbocycles. The molecule has 0 unspecified atom stereocenters. The van der Waals surface area contributed by atoms with Gasteiger partial charge in [-0.2, -0.15) is 0 Å². The van der Waals surface area contributed by atoms with Crippen LogP contribution in [0.25, 0.3) is 0 Å². The van der Waals surface area contributed by atoms with Gasteiger partial charge in [0.15, 0.2) is 11.6 Å². The van der Waals surface area contributed by atoms with Crippen LogP contribution in [0.5, 0.6) is 5.75 Å². The normalized spacial score (nSPS) is 10.2. The van der Waals surface area contributed by atoms with Gasteiger partial charge in [-0.05, 0) is 36.8 Å². The fourth-order valence-corrected chi connectivity index (χ4v) is 1.55. The maximum Gasteiger partial charge on any atom is 0.166 e. The molecule has 17 heavy (non-hydrogen) atoms. The number of rotatable bonds is 3. The zero-order valence-corrected chi connectivity index (χ0v) is 10.2. The fraction of sp³-hybridized carbons (Fsp3) is 0.154. The van der Waals surface area contributed by atoms with E-state index in [4.69, 9.17) is 22.1 Å². The van der Waals surface area contributed by atoms with Gasteiger partial charge in [-0.1, -0.05) is 23.7 Å². The second-order valence-electron chi connectivity index (χ2n) is 3.75. The first-order valence-electron chi connectivity index (χ1n) is 5.25. The molecule has 0 aliphatic rings. The Morgan fingerprint density at radius 2 is 1.88 bits per heavy atom. The summed E-state index contributed by atoms with van der Waals surface area (Å²) in [5, 5.41) is 0.713.